The van der Waals surface area contributed by atoms with E-state index in [0.717, 1.165) is 5.56 Å². The zero-order chi connectivity index (χ0) is 22.5. The van der Waals surface area contributed by atoms with Crippen LogP contribution in [0.1, 0.15) is 24.2 Å². The van der Waals surface area contributed by atoms with Crippen LogP contribution >= 0.6 is 23.4 Å². The van der Waals surface area contributed by atoms with E-state index in [1.807, 2.05) is 61.5 Å². The van der Waals surface area contributed by atoms with Gasteiger partial charge in [0.1, 0.15) is 10.8 Å². The molecule has 1 aliphatic rings. The molecular formula is C25H20ClN3O2S. The van der Waals surface area contributed by atoms with E-state index in [1.54, 1.807) is 18.4 Å². The summed E-state index contributed by atoms with van der Waals surface area (Å²) in [6.07, 6.45) is 1.55. The van der Waals surface area contributed by atoms with Crippen LogP contribution in [0.25, 0.3) is 0 Å². The van der Waals surface area contributed by atoms with Crippen LogP contribution in [-0.2, 0) is 10.5 Å². The molecule has 4 rings (SSSR count). The number of allylic oxidation sites excluding steroid dienone is 1. The predicted molar refractivity (Wildman–Crippen MR) is 129 cm³/mol. The highest BCUT2D eigenvalue weighted by Gasteiger charge is 2.41. The van der Waals surface area contributed by atoms with Crippen molar-refractivity contribution in [3.63, 3.8) is 0 Å². The van der Waals surface area contributed by atoms with Gasteiger partial charge in [0, 0.05) is 22.2 Å². The van der Waals surface area contributed by atoms with Crippen LogP contribution in [0.2, 0.25) is 5.02 Å². The third-order valence-corrected chi connectivity index (χ3v) is 6.50. The van der Waals surface area contributed by atoms with E-state index in [4.69, 9.17) is 16.0 Å². The molecule has 1 amide bonds. The summed E-state index contributed by atoms with van der Waals surface area (Å²) in [6.45, 7) is 1.82. The van der Waals surface area contributed by atoms with Gasteiger partial charge in [-0.1, -0.05) is 41.9 Å². The molecular weight excluding hydrogens is 442 g/mol. The van der Waals surface area contributed by atoms with Crippen molar-refractivity contribution in [3.8, 4) is 6.07 Å². The number of halogens is 1. The van der Waals surface area contributed by atoms with Gasteiger partial charge in [-0.15, -0.1) is 11.8 Å². The standard InChI is InChI=1S/C25H20ClN3O2S/c1-16-22(24(30)29-19-6-3-2-4-7-19)23(21-8-5-13-31-21)20(14-27)25(28-16)32-15-17-9-11-18(26)12-10-17/h2-13,22-23H,15H2,1H3,(H,29,30)/t22?,23-/m1/s1. The Hall–Kier alpha value is -3.27. The lowest BCUT2D eigenvalue weighted by Gasteiger charge is -2.29. The molecule has 2 heterocycles. The number of hydrogen-bond acceptors (Lipinski definition) is 5. The van der Waals surface area contributed by atoms with Crippen LogP contribution in [0.15, 0.2) is 93.0 Å². The molecule has 0 saturated carbocycles. The van der Waals surface area contributed by atoms with Gasteiger partial charge in [0.25, 0.3) is 0 Å². The number of rotatable bonds is 6. The van der Waals surface area contributed by atoms with Gasteiger partial charge in [0.2, 0.25) is 5.91 Å². The second kappa shape index (κ2) is 9.90. The van der Waals surface area contributed by atoms with Crippen molar-refractivity contribution in [2.24, 2.45) is 10.9 Å². The van der Waals surface area contributed by atoms with Crippen molar-refractivity contribution in [3.05, 3.63) is 99.9 Å². The number of furan rings is 1. The number of para-hydroxylation sites is 1. The summed E-state index contributed by atoms with van der Waals surface area (Å²) in [5.41, 5.74) is 2.82. The Morgan fingerprint density at radius 2 is 1.91 bits per heavy atom. The van der Waals surface area contributed by atoms with Crippen molar-refractivity contribution >= 4 is 40.7 Å². The third-order valence-electron chi connectivity index (χ3n) is 5.19. The number of benzene rings is 2. The normalized spacial score (nSPS) is 18.1. The number of nitriles is 1. The van der Waals surface area contributed by atoms with E-state index in [9.17, 15) is 10.1 Å². The minimum atomic E-state index is -0.657. The molecule has 3 aromatic rings. The fourth-order valence-corrected chi connectivity index (χ4v) is 4.81. The number of anilines is 1. The molecule has 0 radical (unpaired) electrons. The number of amides is 1. The monoisotopic (exact) mass is 461 g/mol. The second-order valence-electron chi connectivity index (χ2n) is 7.32. The van der Waals surface area contributed by atoms with E-state index in [1.165, 1.54) is 11.8 Å². The number of aliphatic imine (C=N–C) groups is 1. The smallest absolute Gasteiger partial charge is 0.234 e. The van der Waals surface area contributed by atoms with Crippen molar-refractivity contribution in [1.29, 1.82) is 5.26 Å². The number of thioether (sulfide) groups is 1. The Labute approximate surface area is 195 Å². The summed E-state index contributed by atoms with van der Waals surface area (Å²) in [5.74, 6) is -0.248. The summed E-state index contributed by atoms with van der Waals surface area (Å²) < 4.78 is 5.66. The average molecular weight is 462 g/mol. The van der Waals surface area contributed by atoms with E-state index >= 15 is 0 Å². The summed E-state index contributed by atoms with van der Waals surface area (Å²) in [5, 5.41) is 14.3. The highest BCUT2D eigenvalue weighted by Crippen LogP contribution is 2.43. The molecule has 1 aromatic heterocycles. The van der Waals surface area contributed by atoms with Crippen molar-refractivity contribution in [2.75, 3.05) is 5.32 Å². The molecule has 32 heavy (non-hydrogen) atoms. The Balaban J connectivity index is 1.66. The van der Waals surface area contributed by atoms with Crippen LogP contribution in [0.4, 0.5) is 5.69 Å². The lowest BCUT2D eigenvalue weighted by Crippen LogP contribution is -2.36. The molecule has 0 spiro atoms. The third kappa shape index (κ3) is 4.80. The first-order valence-electron chi connectivity index (χ1n) is 10.0. The maximum absolute atomic E-state index is 13.3. The molecule has 0 fully saturated rings. The predicted octanol–water partition coefficient (Wildman–Crippen LogP) is 6.41. The van der Waals surface area contributed by atoms with Crippen LogP contribution < -0.4 is 5.32 Å². The topological polar surface area (TPSA) is 78.4 Å². The van der Waals surface area contributed by atoms with Gasteiger partial charge in [-0.05, 0) is 48.9 Å². The van der Waals surface area contributed by atoms with Crippen LogP contribution in [0.5, 0.6) is 0 Å². The van der Waals surface area contributed by atoms with E-state index < -0.39 is 11.8 Å². The summed E-state index contributed by atoms with van der Waals surface area (Å²) >= 11 is 7.44. The largest absolute Gasteiger partial charge is 0.469 e. The van der Waals surface area contributed by atoms with E-state index in [-0.39, 0.29) is 5.91 Å². The Morgan fingerprint density at radius 1 is 1.16 bits per heavy atom. The average Bonchev–Trinajstić information content (AvgIpc) is 3.33. The zero-order valence-electron chi connectivity index (χ0n) is 17.3. The molecule has 7 heteroatoms. The lowest BCUT2D eigenvalue weighted by atomic mass is 9.79. The molecule has 160 valence electrons. The number of carbonyl (C=O) groups is 1. The lowest BCUT2D eigenvalue weighted by molar-refractivity contribution is -0.118. The number of nitrogens with one attached hydrogen (secondary N) is 1. The first-order chi connectivity index (χ1) is 15.6. The molecule has 1 aliphatic heterocycles. The molecule has 1 N–H and O–H groups in total. The van der Waals surface area contributed by atoms with Gasteiger partial charge in [-0.2, -0.15) is 5.26 Å². The molecule has 0 bridgehead atoms. The number of hydrogen-bond donors (Lipinski definition) is 1. The van der Waals surface area contributed by atoms with Gasteiger partial charge >= 0.3 is 0 Å². The molecule has 5 nitrogen and oxygen atoms in total. The van der Waals surface area contributed by atoms with Crippen LogP contribution in [-0.4, -0.2) is 11.6 Å². The maximum Gasteiger partial charge on any atom is 0.234 e. The molecule has 2 aromatic carbocycles. The Kier molecular flexibility index (Phi) is 6.79. The first-order valence-corrected chi connectivity index (χ1v) is 11.4. The molecule has 0 aliphatic carbocycles. The van der Waals surface area contributed by atoms with Gasteiger partial charge in [-0.3, -0.25) is 4.79 Å². The van der Waals surface area contributed by atoms with Gasteiger partial charge < -0.3 is 9.73 Å². The van der Waals surface area contributed by atoms with Crippen molar-refractivity contribution in [1.82, 2.24) is 0 Å². The highest BCUT2D eigenvalue weighted by molar-refractivity contribution is 8.02. The minimum absolute atomic E-state index is 0.228. The van der Waals surface area contributed by atoms with Gasteiger partial charge in [-0.25, -0.2) is 4.99 Å². The SMILES string of the molecule is CC1=NC(SCc2ccc(Cl)cc2)=C(C#N)[C@H](c2ccco2)C1C(=O)Nc1ccccc1. The molecule has 1 unspecified atom stereocenters. The Morgan fingerprint density at radius 3 is 2.56 bits per heavy atom. The van der Waals surface area contributed by atoms with Gasteiger partial charge in [0.05, 0.1) is 29.7 Å². The Bertz CT molecular complexity index is 1200. The van der Waals surface area contributed by atoms with E-state index in [2.05, 4.69) is 16.4 Å². The zero-order valence-corrected chi connectivity index (χ0v) is 18.9. The van der Waals surface area contributed by atoms with Gasteiger partial charge in [0.15, 0.2) is 0 Å². The van der Waals surface area contributed by atoms with Crippen LogP contribution in [0.3, 0.4) is 0 Å². The molecule has 2 atom stereocenters. The maximum atomic E-state index is 13.3. The quantitative estimate of drug-likeness (QED) is 0.459. The summed E-state index contributed by atoms with van der Waals surface area (Å²) in [7, 11) is 0. The fourth-order valence-electron chi connectivity index (χ4n) is 3.65. The summed E-state index contributed by atoms with van der Waals surface area (Å²) in [4.78, 5) is 18.0. The van der Waals surface area contributed by atoms with Crippen LogP contribution in [0, 0.1) is 17.2 Å². The highest BCUT2D eigenvalue weighted by atomic mass is 35.5. The van der Waals surface area contributed by atoms with Crippen molar-refractivity contribution in [2.45, 2.75) is 18.6 Å². The number of nitrogens with zero attached hydrogens (tertiary/aromatic N) is 2. The second-order valence-corrected chi connectivity index (χ2v) is 8.73. The minimum Gasteiger partial charge on any atom is -0.469 e. The summed E-state index contributed by atoms with van der Waals surface area (Å²) in [6, 6.07) is 22.7. The van der Waals surface area contributed by atoms with E-state index in [0.29, 0.717) is 38.5 Å². The molecule has 0 saturated heterocycles. The first kappa shape index (κ1) is 21.9. The fraction of sp³-hybridized carbons (Fsp3) is 0.160. The number of carbonyl (C=O) groups excluding carboxylic acids is 1. The van der Waals surface area contributed by atoms with Crippen molar-refractivity contribution < 1.29 is 9.21 Å².